The molecule has 1 aliphatic rings. The standard InChI is InChI=1S/C14H30N3.3ClH.Ti/c1-12-7-10-16(4)14(3)8-11-17(5)13(2)6-9-15-12;;;;/h12-14H,6-11H2,1-5H3;3*1H;/q-1;;;;+4/p-3. The smallest absolute Gasteiger partial charge is 1.00 e. The van der Waals surface area contributed by atoms with Crippen LogP contribution in [0.5, 0.6) is 0 Å². The fourth-order valence-corrected chi connectivity index (χ4v) is 2.77. The van der Waals surface area contributed by atoms with Gasteiger partial charge in [-0.2, -0.15) is 0 Å². The van der Waals surface area contributed by atoms with Crippen molar-refractivity contribution in [1.82, 2.24) is 13.2 Å². The fourth-order valence-electron chi connectivity index (χ4n) is 2.36. The molecule has 3 nitrogen and oxygen atoms in total. The van der Waals surface area contributed by atoms with Gasteiger partial charge < -0.3 is 37.2 Å². The van der Waals surface area contributed by atoms with Crippen molar-refractivity contribution in [2.75, 3.05) is 33.7 Å². The SMILES string of the molecule is CC1CC[N]([Ti+3])C(C)CCN(C)C(C)CCN1C.[Cl-].[Cl-].[Cl-]. The molecule has 3 atom stereocenters. The molecule has 0 aromatic rings. The van der Waals surface area contributed by atoms with E-state index in [1.54, 1.807) is 0 Å². The molecular formula is C14H30Cl3N3Ti. The van der Waals surface area contributed by atoms with Crippen LogP contribution in [0.2, 0.25) is 0 Å². The number of hydrogen-bond donors (Lipinski definition) is 0. The molecule has 1 fully saturated rings. The molecular weight excluding hydrogens is 364 g/mol. The van der Waals surface area contributed by atoms with E-state index in [0.717, 1.165) is 0 Å². The molecule has 0 spiro atoms. The first-order valence-electron chi connectivity index (χ1n) is 7.30. The summed E-state index contributed by atoms with van der Waals surface area (Å²) in [5.74, 6) is 0. The molecule has 1 saturated heterocycles. The van der Waals surface area contributed by atoms with E-state index in [1.165, 1.54) is 38.9 Å². The van der Waals surface area contributed by atoms with E-state index in [-0.39, 0.29) is 37.2 Å². The Morgan fingerprint density at radius 3 is 1.43 bits per heavy atom. The predicted molar refractivity (Wildman–Crippen MR) is 74.2 cm³/mol. The molecule has 1 aliphatic heterocycles. The van der Waals surface area contributed by atoms with Gasteiger partial charge in [-0.1, -0.05) is 0 Å². The van der Waals surface area contributed by atoms with Crippen molar-refractivity contribution in [1.29, 1.82) is 0 Å². The summed E-state index contributed by atoms with van der Waals surface area (Å²) < 4.78 is 2.52. The van der Waals surface area contributed by atoms with Gasteiger partial charge in [0.25, 0.3) is 0 Å². The van der Waals surface area contributed by atoms with Crippen LogP contribution >= 0.6 is 0 Å². The summed E-state index contributed by atoms with van der Waals surface area (Å²) in [6, 6.07) is 2.07. The first-order chi connectivity index (χ1) is 8.41. The minimum atomic E-state index is 0. The van der Waals surface area contributed by atoms with Gasteiger partial charge >= 0.3 is 126 Å². The van der Waals surface area contributed by atoms with Crippen molar-refractivity contribution in [2.24, 2.45) is 0 Å². The van der Waals surface area contributed by atoms with Crippen molar-refractivity contribution in [3.8, 4) is 0 Å². The number of hydrogen-bond acceptors (Lipinski definition) is 3. The third-order valence-corrected chi connectivity index (χ3v) is 5.66. The Hall–Kier alpha value is 1.46. The average molecular weight is 395 g/mol. The van der Waals surface area contributed by atoms with Crippen molar-refractivity contribution in [3.63, 3.8) is 0 Å². The second-order valence-electron chi connectivity index (χ2n) is 6.07. The van der Waals surface area contributed by atoms with Crippen LogP contribution in [0.1, 0.15) is 40.0 Å². The molecule has 126 valence electrons. The molecule has 0 bridgehead atoms. The van der Waals surface area contributed by atoms with Crippen LogP contribution in [0, 0.1) is 0 Å². The Labute approximate surface area is 162 Å². The third kappa shape index (κ3) is 10.0. The fraction of sp³-hybridized carbons (Fsp3) is 1.00. The van der Waals surface area contributed by atoms with Crippen molar-refractivity contribution in [3.05, 3.63) is 0 Å². The molecule has 0 aliphatic carbocycles. The van der Waals surface area contributed by atoms with Crippen molar-refractivity contribution in [2.45, 2.75) is 58.2 Å². The van der Waals surface area contributed by atoms with Gasteiger partial charge in [0, 0.05) is 0 Å². The second-order valence-corrected chi connectivity index (χ2v) is 6.96. The van der Waals surface area contributed by atoms with E-state index in [4.69, 9.17) is 0 Å². The van der Waals surface area contributed by atoms with Gasteiger partial charge in [-0.15, -0.1) is 0 Å². The van der Waals surface area contributed by atoms with E-state index in [0.29, 0.717) is 18.1 Å². The summed E-state index contributed by atoms with van der Waals surface area (Å²) in [4.78, 5) is 5.04. The first-order valence-corrected chi connectivity index (χ1v) is 8.00. The van der Waals surface area contributed by atoms with E-state index >= 15 is 0 Å². The normalized spacial score (nSPS) is 30.9. The van der Waals surface area contributed by atoms with Gasteiger partial charge in [0.05, 0.1) is 0 Å². The molecule has 0 N–H and O–H groups in total. The second kappa shape index (κ2) is 13.9. The van der Waals surface area contributed by atoms with E-state index in [2.05, 4.69) is 68.7 Å². The predicted octanol–water partition coefficient (Wildman–Crippen LogP) is -7.02. The zero-order valence-corrected chi connectivity index (χ0v) is 17.8. The molecule has 0 aromatic carbocycles. The van der Waals surface area contributed by atoms with Crippen LogP contribution in [0.15, 0.2) is 0 Å². The molecule has 3 unspecified atom stereocenters. The van der Waals surface area contributed by atoms with Crippen LogP contribution in [0.4, 0.5) is 0 Å². The van der Waals surface area contributed by atoms with Gasteiger partial charge in [0.2, 0.25) is 0 Å². The maximum atomic E-state index is 2.52. The van der Waals surface area contributed by atoms with Crippen LogP contribution < -0.4 is 37.2 Å². The van der Waals surface area contributed by atoms with Gasteiger partial charge in [-0.3, -0.25) is 0 Å². The first kappa shape index (κ1) is 27.3. The van der Waals surface area contributed by atoms with E-state index in [9.17, 15) is 0 Å². The number of halogens is 3. The van der Waals surface area contributed by atoms with Gasteiger partial charge in [0.1, 0.15) is 0 Å². The summed E-state index contributed by atoms with van der Waals surface area (Å²) in [6.45, 7) is 10.7. The van der Waals surface area contributed by atoms with E-state index in [1.807, 2.05) is 0 Å². The van der Waals surface area contributed by atoms with Crippen LogP contribution in [0.3, 0.4) is 0 Å². The molecule has 7 heteroatoms. The molecule has 0 amide bonds. The van der Waals surface area contributed by atoms with Gasteiger partial charge in [0.15, 0.2) is 0 Å². The Morgan fingerprint density at radius 1 is 0.667 bits per heavy atom. The van der Waals surface area contributed by atoms with Crippen LogP contribution in [-0.2, 0) is 20.7 Å². The maximum Gasteiger partial charge on any atom is -1.00 e. The molecule has 0 radical (unpaired) electrons. The minimum Gasteiger partial charge on any atom is -1.00 e. The Morgan fingerprint density at radius 2 is 1.00 bits per heavy atom. The van der Waals surface area contributed by atoms with Crippen LogP contribution in [-0.4, -0.2) is 65.0 Å². The van der Waals surface area contributed by atoms with Gasteiger partial charge in [-0.05, 0) is 0 Å². The summed E-state index contributed by atoms with van der Waals surface area (Å²) in [5, 5.41) is 0. The van der Waals surface area contributed by atoms with Crippen molar-refractivity contribution >= 4 is 0 Å². The Kier molecular flexibility index (Phi) is 18.0. The minimum absolute atomic E-state index is 0. The maximum absolute atomic E-state index is 2.52. The zero-order valence-electron chi connectivity index (χ0n) is 14.0. The number of rotatable bonds is 0. The topological polar surface area (TPSA) is 9.72 Å². The molecule has 21 heavy (non-hydrogen) atoms. The largest absolute Gasteiger partial charge is 1.00 e. The zero-order chi connectivity index (χ0) is 13.7. The Balaban J connectivity index is -0.00000108. The molecule has 0 saturated carbocycles. The quantitative estimate of drug-likeness (QED) is 0.378. The number of nitrogens with zero attached hydrogens (tertiary/aromatic N) is 3. The average Bonchev–Trinajstić information content (AvgIpc) is 2.36. The summed E-state index contributed by atoms with van der Waals surface area (Å²) in [7, 11) is 4.54. The summed E-state index contributed by atoms with van der Waals surface area (Å²) in [6.07, 6.45) is 3.84. The monoisotopic (exact) mass is 393 g/mol. The molecule has 0 aromatic heterocycles. The Bertz CT molecular complexity index is 187. The molecule has 1 heterocycles. The third-order valence-electron chi connectivity index (χ3n) is 4.62. The van der Waals surface area contributed by atoms with Gasteiger partial charge in [-0.25, -0.2) is 0 Å². The molecule has 1 rings (SSSR count). The summed E-state index contributed by atoms with van der Waals surface area (Å²) in [5.41, 5.74) is 0. The van der Waals surface area contributed by atoms with Crippen LogP contribution in [0.25, 0.3) is 0 Å². The van der Waals surface area contributed by atoms with Crippen molar-refractivity contribution < 1.29 is 57.9 Å². The van der Waals surface area contributed by atoms with E-state index < -0.39 is 0 Å². The summed E-state index contributed by atoms with van der Waals surface area (Å²) >= 11 is 2.27.